The van der Waals surface area contributed by atoms with E-state index in [0.717, 1.165) is 6.42 Å². The standard InChI is InChI=1S/C13H16N2O3/c1-18-13(17)14-11-7-8-15(9-11)12(16)10-5-3-2-4-6-10/h2-6,11H,7-9H2,1H3,(H,14,17)/t11-/m1/s1. The number of hydrogen-bond donors (Lipinski definition) is 1. The van der Waals surface area contributed by atoms with Crippen LogP contribution in [-0.4, -0.2) is 43.1 Å². The lowest BCUT2D eigenvalue weighted by Crippen LogP contribution is -2.38. The van der Waals surface area contributed by atoms with E-state index in [0.29, 0.717) is 18.7 Å². The number of amides is 2. The first kappa shape index (κ1) is 12.4. The van der Waals surface area contributed by atoms with Crippen molar-refractivity contribution >= 4 is 12.0 Å². The Kier molecular flexibility index (Phi) is 3.82. The van der Waals surface area contributed by atoms with Crippen LogP contribution in [0.5, 0.6) is 0 Å². The van der Waals surface area contributed by atoms with Crippen LogP contribution in [0.15, 0.2) is 30.3 Å². The summed E-state index contributed by atoms with van der Waals surface area (Å²) in [7, 11) is 1.33. The van der Waals surface area contributed by atoms with Crippen molar-refractivity contribution in [3.05, 3.63) is 35.9 Å². The van der Waals surface area contributed by atoms with Gasteiger partial charge in [0.1, 0.15) is 0 Å². The third-order valence-corrected chi connectivity index (χ3v) is 3.00. The number of methoxy groups -OCH3 is 1. The summed E-state index contributed by atoms with van der Waals surface area (Å²) in [6.45, 7) is 1.19. The average molecular weight is 248 g/mol. The predicted octanol–water partition coefficient (Wildman–Crippen LogP) is 1.26. The number of nitrogens with one attached hydrogen (secondary N) is 1. The fourth-order valence-electron chi connectivity index (χ4n) is 2.05. The lowest BCUT2D eigenvalue weighted by Gasteiger charge is -2.16. The van der Waals surface area contributed by atoms with Crippen LogP contribution in [0.25, 0.3) is 0 Å². The predicted molar refractivity (Wildman–Crippen MR) is 66.3 cm³/mol. The second-order valence-corrected chi connectivity index (χ2v) is 4.24. The molecule has 96 valence electrons. The van der Waals surface area contributed by atoms with E-state index in [1.165, 1.54) is 7.11 Å². The summed E-state index contributed by atoms with van der Waals surface area (Å²) in [5.74, 6) is 0.00441. The highest BCUT2D eigenvalue weighted by Crippen LogP contribution is 2.13. The van der Waals surface area contributed by atoms with Gasteiger partial charge in [-0.25, -0.2) is 4.79 Å². The molecule has 0 bridgehead atoms. The zero-order chi connectivity index (χ0) is 13.0. The Labute approximate surface area is 106 Å². The largest absolute Gasteiger partial charge is 0.453 e. The molecule has 1 N–H and O–H groups in total. The molecule has 2 rings (SSSR count). The summed E-state index contributed by atoms with van der Waals surface area (Å²) >= 11 is 0. The van der Waals surface area contributed by atoms with Crippen LogP contribution in [0.1, 0.15) is 16.8 Å². The second-order valence-electron chi connectivity index (χ2n) is 4.24. The van der Waals surface area contributed by atoms with E-state index in [1.807, 2.05) is 18.2 Å². The molecule has 0 aliphatic carbocycles. The molecule has 1 atom stereocenters. The molecule has 1 heterocycles. The van der Waals surface area contributed by atoms with Crippen molar-refractivity contribution in [3.8, 4) is 0 Å². The number of carbonyl (C=O) groups excluding carboxylic acids is 2. The van der Waals surface area contributed by atoms with Gasteiger partial charge in [-0.05, 0) is 18.6 Å². The minimum absolute atomic E-state index is 0.00441. The normalized spacial score (nSPS) is 18.5. The molecule has 1 aromatic carbocycles. The van der Waals surface area contributed by atoms with Crippen molar-refractivity contribution in [1.29, 1.82) is 0 Å². The molecule has 1 saturated heterocycles. The molecule has 0 aromatic heterocycles. The molecule has 1 aromatic rings. The zero-order valence-electron chi connectivity index (χ0n) is 10.3. The van der Waals surface area contributed by atoms with Gasteiger partial charge in [-0.3, -0.25) is 4.79 Å². The molecule has 0 spiro atoms. The summed E-state index contributed by atoms with van der Waals surface area (Å²) in [5, 5.41) is 2.71. The zero-order valence-corrected chi connectivity index (χ0v) is 10.3. The average Bonchev–Trinajstić information content (AvgIpc) is 2.87. The quantitative estimate of drug-likeness (QED) is 0.857. The Hall–Kier alpha value is -2.04. The van der Waals surface area contributed by atoms with Gasteiger partial charge in [0.25, 0.3) is 5.91 Å². The van der Waals surface area contributed by atoms with Crippen LogP contribution < -0.4 is 5.32 Å². The number of nitrogens with zero attached hydrogens (tertiary/aromatic N) is 1. The number of hydrogen-bond acceptors (Lipinski definition) is 3. The Bertz CT molecular complexity index is 433. The SMILES string of the molecule is COC(=O)N[C@@H]1CCN(C(=O)c2ccccc2)C1. The van der Waals surface area contributed by atoms with Gasteiger partial charge in [0.05, 0.1) is 13.2 Å². The third kappa shape index (κ3) is 2.80. The Morgan fingerprint density at radius 3 is 2.72 bits per heavy atom. The first-order valence-corrected chi connectivity index (χ1v) is 5.89. The van der Waals surface area contributed by atoms with Gasteiger partial charge < -0.3 is 15.0 Å². The topological polar surface area (TPSA) is 58.6 Å². The molecule has 1 fully saturated rings. The van der Waals surface area contributed by atoms with Gasteiger partial charge in [0, 0.05) is 18.7 Å². The molecular weight excluding hydrogens is 232 g/mol. The Morgan fingerprint density at radius 1 is 1.33 bits per heavy atom. The van der Waals surface area contributed by atoms with E-state index in [-0.39, 0.29) is 11.9 Å². The van der Waals surface area contributed by atoms with E-state index in [1.54, 1.807) is 17.0 Å². The van der Waals surface area contributed by atoms with Gasteiger partial charge in [-0.1, -0.05) is 18.2 Å². The Morgan fingerprint density at radius 2 is 2.06 bits per heavy atom. The minimum atomic E-state index is -0.450. The van der Waals surface area contributed by atoms with E-state index in [9.17, 15) is 9.59 Å². The molecule has 18 heavy (non-hydrogen) atoms. The van der Waals surface area contributed by atoms with Crippen LogP contribution in [0.2, 0.25) is 0 Å². The van der Waals surface area contributed by atoms with Crippen LogP contribution >= 0.6 is 0 Å². The van der Waals surface area contributed by atoms with Crippen molar-refractivity contribution in [2.24, 2.45) is 0 Å². The van der Waals surface area contributed by atoms with Gasteiger partial charge in [-0.15, -0.1) is 0 Å². The molecule has 0 radical (unpaired) electrons. The molecule has 5 heteroatoms. The van der Waals surface area contributed by atoms with Crippen molar-refractivity contribution in [3.63, 3.8) is 0 Å². The Balaban J connectivity index is 1.93. The number of benzene rings is 1. The monoisotopic (exact) mass is 248 g/mol. The van der Waals surface area contributed by atoms with E-state index >= 15 is 0 Å². The second kappa shape index (κ2) is 5.53. The van der Waals surface area contributed by atoms with Crippen molar-refractivity contribution < 1.29 is 14.3 Å². The van der Waals surface area contributed by atoms with Crippen LogP contribution in [0, 0.1) is 0 Å². The summed E-state index contributed by atoms with van der Waals surface area (Å²) in [5.41, 5.74) is 0.677. The van der Waals surface area contributed by atoms with Crippen molar-refractivity contribution in [2.45, 2.75) is 12.5 Å². The summed E-state index contributed by atoms with van der Waals surface area (Å²) in [4.78, 5) is 25.0. The number of carbonyl (C=O) groups is 2. The van der Waals surface area contributed by atoms with Gasteiger partial charge in [0.2, 0.25) is 0 Å². The van der Waals surface area contributed by atoms with Crippen molar-refractivity contribution in [2.75, 3.05) is 20.2 Å². The summed E-state index contributed by atoms with van der Waals surface area (Å²) in [6, 6.07) is 9.13. The molecule has 1 aliphatic rings. The molecule has 0 unspecified atom stereocenters. The lowest BCUT2D eigenvalue weighted by atomic mass is 10.2. The maximum absolute atomic E-state index is 12.1. The fourth-order valence-corrected chi connectivity index (χ4v) is 2.05. The van der Waals surface area contributed by atoms with E-state index in [2.05, 4.69) is 10.1 Å². The number of likely N-dealkylation sites (tertiary alicyclic amines) is 1. The fraction of sp³-hybridized carbons (Fsp3) is 0.385. The molecule has 2 amide bonds. The number of ether oxygens (including phenoxy) is 1. The molecular formula is C13H16N2O3. The number of rotatable bonds is 2. The van der Waals surface area contributed by atoms with Gasteiger partial charge in [0.15, 0.2) is 0 Å². The maximum Gasteiger partial charge on any atom is 0.407 e. The van der Waals surface area contributed by atoms with Crippen LogP contribution in [-0.2, 0) is 4.74 Å². The van der Waals surface area contributed by atoms with Crippen LogP contribution in [0.3, 0.4) is 0 Å². The molecule has 1 aliphatic heterocycles. The first-order valence-electron chi connectivity index (χ1n) is 5.89. The molecule has 5 nitrogen and oxygen atoms in total. The minimum Gasteiger partial charge on any atom is -0.453 e. The highest BCUT2D eigenvalue weighted by molar-refractivity contribution is 5.94. The smallest absolute Gasteiger partial charge is 0.407 e. The highest BCUT2D eigenvalue weighted by Gasteiger charge is 2.27. The summed E-state index contributed by atoms with van der Waals surface area (Å²) < 4.78 is 4.54. The molecule has 0 saturated carbocycles. The highest BCUT2D eigenvalue weighted by atomic mass is 16.5. The van der Waals surface area contributed by atoms with Crippen LogP contribution in [0.4, 0.5) is 4.79 Å². The van der Waals surface area contributed by atoms with E-state index < -0.39 is 6.09 Å². The van der Waals surface area contributed by atoms with E-state index in [4.69, 9.17) is 0 Å². The van der Waals surface area contributed by atoms with Gasteiger partial charge in [-0.2, -0.15) is 0 Å². The number of alkyl carbamates (subject to hydrolysis) is 1. The van der Waals surface area contributed by atoms with Gasteiger partial charge >= 0.3 is 6.09 Å². The first-order chi connectivity index (χ1) is 8.70. The van der Waals surface area contributed by atoms with Crippen molar-refractivity contribution in [1.82, 2.24) is 10.2 Å². The maximum atomic E-state index is 12.1. The lowest BCUT2D eigenvalue weighted by molar-refractivity contribution is 0.0788. The summed E-state index contributed by atoms with van der Waals surface area (Å²) in [6.07, 6.45) is 0.308. The third-order valence-electron chi connectivity index (χ3n) is 3.00.